The molecule has 4 nitrogen and oxygen atoms in total. The van der Waals surface area contributed by atoms with Crippen LogP contribution in [-0.2, 0) is 6.61 Å². The van der Waals surface area contributed by atoms with Crippen LogP contribution in [0.1, 0.15) is 11.1 Å². The van der Waals surface area contributed by atoms with E-state index in [0.29, 0.717) is 17.4 Å². The minimum Gasteiger partial charge on any atom is -0.488 e. The molecule has 0 spiro atoms. The van der Waals surface area contributed by atoms with Crippen molar-refractivity contribution in [2.24, 2.45) is 0 Å². The van der Waals surface area contributed by atoms with Crippen LogP contribution in [0.5, 0.6) is 5.75 Å². The molecule has 4 aromatic rings. The number of ether oxygens (including phenoxy) is 1. The van der Waals surface area contributed by atoms with Crippen molar-refractivity contribution in [3.63, 3.8) is 0 Å². The molecule has 3 aromatic carbocycles. The Bertz CT molecular complexity index is 1110. The smallest absolute Gasteiger partial charge is 0.134 e. The molecule has 1 aromatic heterocycles. The molecule has 0 aliphatic carbocycles. The van der Waals surface area contributed by atoms with Crippen LogP contribution < -0.4 is 10.5 Å². The van der Waals surface area contributed by atoms with Gasteiger partial charge in [0.05, 0.1) is 11.1 Å². The highest BCUT2D eigenvalue weighted by Crippen LogP contribution is 2.40. The Labute approximate surface area is 162 Å². The summed E-state index contributed by atoms with van der Waals surface area (Å²) >= 11 is 6.37. The van der Waals surface area contributed by atoms with Crippen LogP contribution in [0.25, 0.3) is 22.0 Å². The third kappa shape index (κ3) is 3.32. The van der Waals surface area contributed by atoms with Gasteiger partial charge in [-0.05, 0) is 41.8 Å². The largest absolute Gasteiger partial charge is 0.488 e. The molecular weight excluding hydrogens is 358 g/mol. The molecule has 1 heterocycles. The molecular formula is C22H18ClN3O. The number of nitrogens with two attached hydrogens (primary N) is 1. The van der Waals surface area contributed by atoms with E-state index in [4.69, 9.17) is 22.1 Å². The van der Waals surface area contributed by atoms with Gasteiger partial charge in [-0.1, -0.05) is 54.1 Å². The van der Waals surface area contributed by atoms with Gasteiger partial charge in [-0.25, -0.2) is 9.97 Å². The third-order valence-corrected chi connectivity index (χ3v) is 4.98. The van der Waals surface area contributed by atoms with E-state index in [1.807, 2.05) is 67.6 Å². The Hall–Kier alpha value is -3.11. The van der Waals surface area contributed by atoms with Gasteiger partial charge in [-0.2, -0.15) is 0 Å². The van der Waals surface area contributed by atoms with Crippen molar-refractivity contribution in [1.82, 2.24) is 9.97 Å². The molecule has 0 aliphatic heterocycles. The molecule has 0 saturated heterocycles. The summed E-state index contributed by atoms with van der Waals surface area (Å²) in [5, 5.41) is 1.49. The predicted octanol–water partition coefficient (Wildman–Crippen LogP) is 5.42. The molecule has 0 unspecified atom stereocenters. The number of nitrogen functional groups attached to an aromatic ring is 1. The molecule has 0 fully saturated rings. The molecule has 0 aliphatic rings. The van der Waals surface area contributed by atoms with Crippen molar-refractivity contribution >= 4 is 28.3 Å². The van der Waals surface area contributed by atoms with Crippen molar-refractivity contribution in [3.05, 3.63) is 83.1 Å². The van der Waals surface area contributed by atoms with Crippen LogP contribution in [0.2, 0.25) is 5.02 Å². The number of aromatic nitrogens is 2. The van der Waals surface area contributed by atoms with E-state index in [2.05, 4.69) is 9.97 Å². The van der Waals surface area contributed by atoms with Crippen molar-refractivity contribution in [2.45, 2.75) is 13.5 Å². The second kappa shape index (κ2) is 7.25. The van der Waals surface area contributed by atoms with E-state index < -0.39 is 0 Å². The molecule has 0 amide bonds. The highest BCUT2D eigenvalue weighted by atomic mass is 35.5. The Morgan fingerprint density at radius 3 is 2.59 bits per heavy atom. The highest BCUT2D eigenvalue weighted by Gasteiger charge is 2.17. The fourth-order valence-corrected chi connectivity index (χ4v) is 3.30. The number of nitrogens with zero attached hydrogens (tertiary/aromatic N) is 2. The minimum absolute atomic E-state index is 0.440. The lowest BCUT2D eigenvalue weighted by atomic mass is 9.97. The van der Waals surface area contributed by atoms with Gasteiger partial charge < -0.3 is 10.5 Å². The Morgan fingerprint density at radius 2 is 1.78 bits per heavy atom. The maximum absolute atomic E-state index is 6.37. The number of hydrogen-bond acceptors (Lipinski definition) is 4. The van der Waals surface area contributed by atoms with Gasteiger partial charge in [-0.15, -0.1) is 0 Å². The van der Waals surface area contributed by atoms with Gasteiger partial charge in [-0.3, -0.25) is 0 Å². The zero-order valence-corrected chi connectivity index (χ0v) is 15.6. The lowest BCUT2D eigenvalue weighted by Crippen LogP contribution is -2.01. The van der Waals surface area contributed by atoms with E-state index in [0.717, 1.165) is 38.9 Å². The van der Waals surface area contributed by atoms with Crippen molar-refractivity contribution in [1.29, 1.82) is 0 Å². The minimum atomic E-state index is 0.440. The van der Waals surface area contributed by atoms with Gasteiger partial charge in [0, 0.05) is 10.4 Å². The maximum Gasteiger partial charge on any atom is 0.134 e. The summed E-state index contributed by atoms with van der Waals surface area (Å²) in [6, 6.07) is 19.7. The molecule has 0 atom stereocenters. The summed E-state index contributed by atoms with van der Waals surface area (Å²) in [6.45, 7) is 2.45. The fraction of sp³-hybridized carbons (Fsp3) is 0.0909. The van der Waals surface area contributed by atoms with E-state index in [1.165, 1.54) is 6.33 Å². The van der Waals surface area contributed by atoms with E-state index >= 15 is 0 Å². The summed E-state index contributed by atoms with van der Waals surface area (Å²) < 4.78 is 6.18. The van der Waals surface area contributed by atoms with Gasteiger partial charge in [0.1, 0.15) is 24.5 Å². The van der Waals surface area contributed by atoms with Gasteiger partial charge in [0.2, 0.25) is 0 Å². The van der Waals surface area contributed by atoms with Gasteiger partial charge in [0.25, 0.3) is 0 Å². The summed E-state index contributed by atoms with van der Waals surface area (Å²) in [5.74, 6) is 1.17. The summed E-state index contributed by atoms with van der Waals surface area (Å²) in [6.07, 6.45) is 1.47. The topological polar surface area (TPSA) is 61.0 Å². The highest BCUT2D eigenvalue weighted by molar-refractivity contribution is 6.31. The number of fused-ring (bicyclic) bond motifs is 1. The average Bonchev–Trinajstić information content (AvgIpc) is 2.69. The molecule has 2 N–H and O–H groups in total. The van der Waals surface area contributed by atoms with E-state index in [9.17, 15) is 0 Å². The van der Waals surface area contributed by atoms with E-state index in [-0.39, 0.29) is 0 Å². The number of anilines is 1. The van der Waals surface area contributed by atoms with Gasteiger partial charge >= 0.3 is 0 Å². The zero-order chi connectivity index (χ0) is 18.8. The lowest BCUT2D eigenvalue weighted by Gasteiger charge is -2.16. The Morgan fingerprint density at radius 1 is 0.963 bits per heavy atom. The third-order valence-electron chi connectivity index (χ3n) is 4.57. The lowest BCUT2D eigenvalue weighted by molar-refractivity contribution is 0.308. The van der Waals surface area contributed by atoms with Crippen LogP contribution in [0.15, 0.2) is 67.0 Å². The van der Waals surface area contributed by atoms with Crippen molar-refractivity contribution in [2.75, 3.05) is 5.73 Å². The van der Waals surface area contributed by atoms with Crippen LogP contribution in [0.3, 0.4) is 0 Å². The Kier molecular flexibility index (Phi) is 4.65. The SMILES string of the molecule is Cc1c(Cl)cccc1-c1c(OCc2ccccc2)ccc2c(N)ncnc12. The molecule has 4 rings (SSSR count). The van der Waals surface area contributed by atoms with Crippen LogP contribution in [-0.4, -0.2) is 9.97 Å². The fourth-order valence-electron chi connectivity index (χ4n) is 3.13. The first-order chi connectivity index (χ1) is 13.1. The van der Waals surface area contributed by atoms with Crippen LogP contribution >= 0.6 is 11.6 Å². The summed E-state index contributed by atoms with van der Waals surface area (Å²) in [7, 11) is 0. The first kappa shape index (κ1) is 17.3. The Balaban J connectivity index is 1.89. The van der Waals surface area contributed by atoms with Crippen LogP contribution in [0.4, 0.5) is 5.82 Å². The zero-order valence-electron chi connectivity index (χ0n) is 14.8. The number of halogens is 1. The molecule has 5 heteroatoms. The molecule has 0 saturated carbocycles. The normalized spacial score (nSPS) is 10.9. The number of rotatable bonds is 4. The predicted molar refractivity (Wildman–Crippen MR) is 110 cm³/mol. The first-order valence-corrected chi connectivity index (χ1v) is 8.98. The molecule has 134 valence electrons. The molecule has 27 heavy (non-hydrogen) atoms. The van der Waals surface area contributed by atoms with Crippen molar-refractivity contribution < 1.29 is 4.74 Å². The standard InChI is InChI=1S/C22H18ClN3O/c1-14-16(8-5-9-18(14)23)20-19(27-12-15-6-3-2-4-7-15)11-10-17-21(20)25-13-26-22(17)24/h2-11,13H,12H2,1H3,(H2,24,25,26). The van der Waals surface area contributed by atoms with Crippen LogP contribution in [0, 0.1) is 6.92 Å². The second-order valence-electron chi connectivity index (χ2n) is 6.28. The molecule has 0 radical (unpaired) electrons. The molecule has 0 bridgehead atoms. The van der Waals surface area contributed by atoms with Crippen molar-refractivity contribution in [3.8, 4) is 16.9 Å². The quantitative estimate of drug-likeness (QED) is 0.517. The number of hydrogen-bond donors (Lipinski definition) is 1. The summed E-state index contributed by atoms with van der Waals surface area (Å²) in [4.78, 5) is 8.60. The average molecular weight is 376 g/mol. The van der Waals surface area contributed by atoms with Gasteiger partial charge in [0.15, 0.2) is 0 Å². The van der Waals surface area contributed by atoms with E-state index in [1.54, 1.807) is 0 Å². The second-order valence-corrected chi connectivity index (χ2v) is 6.69. The number of benzene rings is 3. The first-order valence-electron chi connectivity index (χ1n) is 8.60. The maximum atomic E-state index is 6.37. The summed E-state index contributed by atoms with van der Waals surface area (Å²) in [5.41, 5.74) is 10.7. The monoisotopic (exact) mass is 375 g/mol.